The van der Waals surface area contributed by atoms with E-state index in [-0.39, 0.29) is 11.8 Å². The second-order valence-corrected chi connectivity index (χ2v) is 11.1. The Bertz CT molecular complexity index is 1340. The van der Waals surface area contributed by atoms with Crippen molar-refractivity contribution in [3.05, 3.63) is 65.7 Å². The Balaban J connectivity index is 1.33. The van der Waals surface area contributed by atoms with E-state index in [0.717, 1.165) is 35.1 Å². The Labute approximate surface area is 201 Å². The number of amides is 1. The minimum Gasteiger partial charge on any atom is -0.495 e. The molecule has 34 heavy (non-hydrogen) atoms. The number of benzene rings is 3. The van der Waals surface area contributed by atoms with Gasteiger partial charge in [-0.2, -0.15) is 4.31 Å². The molecule has 1 saturated heterocycles. The lowest BCUT2D eigenvalue weighted by Gasteiger charge is -2.37. The molecule has 7 heteroatoms. The van der Waals surface area contributed by atoms with Gasteiger partial charge in [0, 0.05) is 25.6 Å². The van der Waals surface area contributed by atoms with Crippen molar-refractivity contribution in [2.45, 2.75) is 37.5 Å². The van der Waals surface area contributed by atoms with E-state index in [1.54, 1.807) is 19.2 Å². The van der Waals surface area contributed by atoms with E-state index in [2.05, 4.69) is 6.92 Å². The zero-order valence-corrected chi connectivity index (χ0v) is 20.5. The SMILES string of the molecule is COc1ccc(C)c2c1N(C(=O)C1CCN(S(=O)(=O)c3ccc4ccccc4c3)CC1)CCC2. The topological polar surface area (TPSA) is 66.9 Å². The Morgan fingerprint density at radius 2 is 1.71 bits per heavy atom. The number of nitrogens with zero attached hydrogens (tertiary/aromatic N) is 2. The van der Waals surface area contributed by atoms with Crippen molar-refractivity contribution in [2.24, 2.45) is 5.92 Å². The summed E-state index contributed by atoms with van der Waals surface area (Å²) in [7, 11) is -1.97. The molecule has 0 aromatic heterocycles. The average Bonchev–Trinajstić information content (AvgIpc) is 2.88. The lowest BCUT2D eigenvalue weighted by Crippen LogP contribution is -2.46. The van der Waals surface area contributed by atoms with Crippen LogP contribution < -0.4 is 9.64 Å². The van der Waals surface area contributed by atoms with E-state index >= 15 is 0 Å². The van der Waals surface area contributed by atoms with Crippen LogP contribution in [0, 0.1) is 12.8 Å². The summed E-state index contributed by atoms with van der Waals surface area (Å²) in [5, 5.41) is 1.92. The Morgan fingerprint density at radius 1 is 0.971 bits per heavy atom. The number of carbonyl (C=O) groups is 1. The molecule has 6 nitrogen and oxygen atoms in total. The van der Waals surface area contributed by atoms with Crippen LogP contribution in [-0.4, -0.2) is 45.4 Å². The van der Waals surface area contributed by atoms with Crippen LogP contribution in [0.1, 0.15) is 30.4 Å². The first-order valence-electron chi connectivity index (χ1n) is 11.9. The second-order valence-electron chi connectivity index (χ2n) is 9.19. The molecule has 0 N–H and O–H groups in total. The van der Waals surface area contributed by atoms with Gasteiger partial charge in [0.05, 0.1) is 17.7 Å². The van der Waals surface area contributed by atoms with Crippen molar-refractivity contribution >= 4 is 32.4 Å². The third-order valence-corrected chi connectivity index (χ3v) is 9.10. The fourth-order valence-electron chi connectivity index (χ4n) is 5.28. The minimum atomic E-state index is -3.60. The van der Waals surface area contributed by atoms with Crippen LogP contribution in [0.3, 0.4) is 0 Å². The van der Waals surface area contributed by atoms with Crippen LogP contribution in [0.4, 0.5) is 5.69 Å². The lowest BCUT2D eigenvalue weighted by atomic mass is 9.92. The summed E-state index contributed by atoms with van der Waals surface area (Å²) in [6, 6.07) is 17.0. The van der Waals surface area contributed by atoms with E-state index in [1.807, 2.05) is 47.4 Å². The largest absolute Gasteiger partial charge is 0.495 e. The maximum Gasteiger partial charge on any atom is 0.243 e. The van der Waals surface area contributed by atoms with Crippen molar-refractivity contribution in [3.8, 4) is 5.75 Å². The molecule has 0 saturated carbocycles. The number of sulfonamides is 1. The second kappa shape index (κ2) is 9.04. The molecule has 0 atom stereocenters. The third-order valence-electron chi connectivity index (χ3n) is 7.21. The molecule has 3 aromatic rings. The molecule has 5 rings (SSSR count). The Hall–Kier alpha value is -2.90. The number of carbonyl (C=O) groups excluding carboxylic acids is 1. The molecule has 0 aliphatic carbocycles. The van der Waals surface area contributed by atoms with Crippen molar-refractivity contribution in [1.29, 1.82) is 0 Å². The standard InChI is InChI=1S/C27H30N2O4S/c1-19-9-12-25(33-2)26-24(19)8-5-15-29(26)27(30)21-13-16-28(17-14-21)34(31,32)23-11-10-20-6-3-4-7-22(20)18-23/h3-4,6-7,9-12,18,21H,5,8,13-17H2,1-2H3. The first kappa shape index (κ1) is 22.9. The lowest BCUT2D eigenvalue weighted by molar-refractivity contribution is -0.123. The number of methoxy groups -OCH3 is 1. The first-order chi connectivity index (χ1) is 16.4. The molecule has 3 aromatic carbocycles. The Morgan fingerprint density at radius 3 is 2.44 bits per heavy atom. The predicted molar refractivity (Wildman–Crippen MR) is 134 cm³/mol. The van der Waals surface area contributed by atoms with E-state index in [4.69, 9.17) is 4.74 Å². The fraction of sp³-hybridized carbons (Fsp3) is 0.370. The zero-order chi connectivity index (χ0) is 23.9. The van der Waals surface area contributed by atoms with Crippen LogP contribution >= 0.6 is 0 Å². The van der Waals surface area contributed by atoms with Crippen molar-refractivity contribution in [1.82, 2.24) is 4.31 Å². The van der Waals surface area contributed by atoms with E-state index in [9.17, 15) is 13.2 Å². The summed E-state index contributed by atoms with van der Waals surface area (Å²) in [6.45, 7) is 3.43. The summed E-state index contributed by atoms with van der Waals surface area (Å²) in [5.74, 6) is 0.608. The summed E-state index contributed by atoms with van der Waals surface area (Å²) in [5.41, 5.74) is 3.24. The molecule has 2 aliphatic heterocycles. The highest BCUT2D eigenvalue weighted by atomic mass is 32.2. The Kier molecular flexibility index (Phi) is 6.08. The van der Waals surface area contributed by atoms with Gasteiger partial charge in [0.2, 0.25) is 15.9 Å². The summed E-state index contributed by atoms with van der Waals surface area (Å²) in [4.78, 5) is 15.8. The highest BCUT2D eigenvalue weighted by Crippen LogP contribution is 2.40. The van der Waals surface area contributed by atoms with Crippen LogP contribution in [0.2, 0.25) is 0 Å². The molecular weight excluding hydrogens is 448 g/mol. The number of anilines is 1. The molecular formula is C27H30N2O4S. The maximum absolute atomic E-state index is 13.6. The van der Waals surface area contributed by atoms with E-state index < -0.39 is 10.0 Å². The quantitative estimate of drug-likeness (QED) is 0.552. The van der Waals surface area contributed by atoms with Crippen LogP contribution in [0.5, 0.6) is 5.75 Å². The zero-order valence-electron chi connectivity index (χ0n) is 19.7. The number of aryl methyl sites for hydroxylation is 1. The average molecular weight is 479 g/mol. The molecule has 0 unspecified atom stereocenters. The van der Waals surface area contributed by atoms with E-state index in [1.165, 1.54) is 15.4 Å². The molecule has 0 spiro atoms. The fourth-order valence-corrected chi connectivity index (χ4v) is 6.78. The monoisotopic (exact) mass is 478 g/mol. The van der Waals surface area contributed by atoms with Gasteiger partial charge in [0.25, 0.3) is 0 Å². The van der Waals surface area contributed by atoms with Gasteiger partial charge < -0.3 is 9.64 Å². The van der Waals surface area contributed by atoms with Crippen LogP contribution in [0.15, 0.2) is 59.5 Å². The molecule has 1 fully saturated rings. The van der Waals surface area contributed by atoms with Crippen LogP contribution in [-0.2, 0) is 21.2 Å². The van der Waals surface area contributed by atoms with Gasteiger partial charge in [0.15, 0.2) is 0 Å². The predicted octanol–water partition coefficient (Wildman–Crippen LogP) is 4.54. The van der Waals surface area contributed by atoms with Crippen molar-refractivity contribution < 1.29 is 17.9 Å². The van der Waals surface area contributed by atoms with Gasteiger partial charge in [-0.05, 0) is 72.7 Å². The van der Waals surface area contributed by atoms with E-state index in [0.29, 0.717) is 37.4 Å². The third kappa shape index (κ3) is 3.97. The summed E-state index contributed by atoms with van der Waals surface area (Å²) < 4.78 is 33.7. The molecule has 0 radical (unpaired) electrons. The molecule has 2 aliphatic rings. The number of ether oxygens (including phenoxy) is 1. The van der Waals surface area contributed by atoms with Gasteiger partial charge in [-0.1, -0.05) is 36.4 Å². The van der Waals surface area contributed by atoms with Crippen molar-refractivity contribution in [2.75, 3.05) is 31.6 Å². The molecule has 1 amide bonds. The molecule has 0 bridgehead atoms. The summed E-state index contributed by atoms with van der Waals surface area (Å²) in [6.07, 6.45) is 2.89. The number of rotatable bonds is 4. The molecule has 178 valence electrons. The highest BCUT2D eigenvalue weighted by Gasteiger charge is 2.36. The van der Waals surface area contributed by atoms with Gasteiger partial charge in [-0.25, -0.2) is 8.42 Å². The smallest absolute Gasteiger partial charge is 0.243 e. The highest BCUT2D eigenvalue weighted by molar-refractivity contribution is 7.89. The van der Waals surface area contributed by atoms with Gasteiger partial charge in [0.1, 0.15) is 5.75 Å². The maximum atomic E-state index is 13.6. The number of hydrogen-bond donors (Lipinski definition) is 0. The van der Waals surface area contributed by atoms with Gasteiger partial charge in [-0.15, -0.1) is 0 Å². The summed E-state index contributed by atoms with van der Waals surface area (Å²) >= 11 is 0. The number of fused-ring (bicyclic) bond motifs is 2. The normalized spacial score (nSPS) is 17.5. The minimum absolute atomic E-state index is 0.0765. The van der Waals surface area contributed by atoms with Gasteiger partial charge >= 0.3 is 0 Å². The van der Waals surface area contributed by atoms with Crippen molar-refractivity contribution in [3.63, 3.8) is 0 Å². The van der Waals surface area contributed by atoms with Gasteiger partial charge in [-0.3, -0.25) is 4.79 Å². The first-order valence-corrected chi connectivity index (χ1v) is 13.3. The number of hydrogen-bond acceptors (Lipinski definition) is 4. The molecule has 2 heterocycles. The van der Waals surface area contributed by atoms with Crippen LogP contribution in [0.25, 0.3) is 10.8 Å². The number of piperidine rings is 1.